The largest absolute Gasteiger partial charge is 0.339 e. The number of carbonyl (C=O) groups excluding carboxylic acids is 2. The van der Waals surface area contributed by atoms with Crippen LogP contribution in [0.15, 0.2) is 41.5 Å². The molecule has 234 valence electrons. The Bertz CT molecular complexity index is 1910. The third kappa shape index (κ3) is 4.94. The Labute approximate surface area is 262 Å². The molecule has 11 nitrogen and oxygen atoms in total. The molecule has 2 amide bonds. The van der Waals surface area contributed by atoms with Crippen molar-refractivity contribution in [3.63, 3.8) is 0 Å². The predicted octanol–water partition coefficient (Wildman–Crippen LogP) is 4.29. The Hall–Kier alpha value is -4.67. The molecule has 0 saturated heterocycles. The number of carbonyl (C=O) groups is 2. The maximum absolute atomic E-state index is 13.9. The molecule has 2 aliphatic heterocycles. The van der Waals surface area contributed by atoms with Gasteiger partial charge in [0.25, 0.3) is 11.5 Å². The van der Waals surface area contributed by atoms with E-state index in [0.29, 0.717) is 56.3 Å². The quantitative estimate of drug-likeness (QED) is 0.350. The maximum Gasteiger partial charge on any atom is 0.276 e. The summed E-state index contributed by atoms with van der Waals surface area (Å²) in [6, 6.07) is 7.79. The number of amides is 2. The molecule has 11 heteroatoms. The first-order valence-electron chi connectivity index (χ1n) is 15.9. The van der Waals surface area contributed by atoms with Crippen LogP contribution in [-0.2, 0) is 50.7 Å². The second-order valence-corrected chi connectivity index (χ2v) is 13.2. The summed E-state index contributed by atoms with van der Waals surface area (Å²) in [6.45, 7) is 11.5. The lowest BCUT2D eigenvalue weighted by Gasteiger charge is -2.31. The van der Waals surface area contributed by atoms with Crippen molar-refractivity contribution in [3.8, 4) is 11.1 Å². The predicted molar refractivity (Wildman–Crippen MR) is 173 cm³/mol. The summed E-state index contributed by atoms with van der Waals surface area (Å²) in [6.07, 6.45) is 6.70. The van der Waals surface area contributed by atoms with Gasteiger partial charge in [0, 0.05) is 68.4 Å². The van der Waals surface area contributed by atoms with E-state index in [9.17, 15) is 14.4 Å². The van der Waals surface area contributed by atoms with Crippen molar-refractivity contribution in [1.82, 2.24) is 28.8 Å². The summed E-state index contributed by atoms with van der Waals surface area (Å²) in [7, 11) is 1.74. The highest BCUT2D eigenvalue weighted by atomic mass is 16.2. The van der Waals surface area contributed by atoms with Crippen LogP contribution in [-0.4, -0.2) is 53.7 Å². The third-order valence-electron chi connectivity index (χ3n) is 9.48. The molecule has 0 fully saturated rings. The van der Waals surface area contributed by atoms with E-state index < -0.39 is 0 Å². The fourth-order valence-electron chi connectivity index (χ4n) is 7.30. The number of hydrogen-bond donors (Lipinski definition) is 1. The molecule has 0 atom stereocenters. The zero-order chi connectivity index (χ0) is 31.6. The van der Waals surface area contributed by atoms with Crippen molar-refractivity contribution >= 4 is 29.1 Å². The highest BCUT2D eigenvalue weighted by Gasteiger charge is 2.37. The Morgan fingerprint density at radius 2 is 1.87 bits per heavy atom. The molecule has 1 aliphatic carbocycles. The zero-order valence-corrected chi connectivity index (χ0v) is 26.7. The number of nitrogens with zero attached hydrogens (tertiary/aromatic N) is 7. The maximum atomic E-state index is 13.9. The van der Waals surface area contributed by atoms with Gasteiger partial charge in [-0.2, -0.15) is 5.10 Å². The monoisotopic (exact) mass is 608 g/mol. The van der Waals surface area contributed by atoms with Crippen LogP contribution in [0, 0.1) is 5.41 Å². The zero-order valence-electron chi connectivity index (χ0n) is 26.7. The van der Waals surface area contributed by atoms with Crippen LogP contribution in [0.3, 0.4) is 0 Å². The number of rotatable bonds is 6. The lowest BCUT2D eigenvalue weighted by molar-refractivity contribution is -0.132. The molecule has 0 aromatic carbocycles. The van der Waals surface area contributed by atoms with Crippen molar-refractivity contribution < 1.29 is 9.59 Å². The standard InChI is InChI=1S/C34H40N8O3/c1-6-24-25(8-9-35-31(24)41-12-11-40-27(33(41)45)15-21-17-34(3,4)18-28(21)40)22-14-26(32(44)38(5)19-22)36-29-16-23-20-39(30(43)7-2)10-13-42(23)37-29/h8-9,14-16,19H,6-7,10-13,17-18,20H2,1-5H3,(H,36,37). The van der Waals surface area contributed by atoms with Gasteiger partial charge in [-0.25, -0.2) is 4.98 Å². The van der Waals surface area contributed by atoms with Crippen LogP contribution in [0.25, 0.3) is 11.1 Å². The number of hydrogen-bond acceptors (Lipinski definition) is 6. The number of nitrogens with one attached hydrogen (secondary N) is 1. The van der Waals surface area contributed by atoms with E-state index in [1.54, 1.807) is 17.8 Å². The fraction of sp³-hybridized carbons (Fsp3) is 0.441. The molecule has 6 heterocycles. The van der Waals surface area contributed by atoms with Crippen LogP contribution < -0.4 is 15.8 Å². The first-order valence-corrected chi connectivity index (χ1v) is 15.9. The lowest BCUT2D eigenvalue weighted by atomic mass is 9.90. The average molecular weight is 609 g/mol. The van der Waals surface area contributed by atoms with E-state index in [2.05, 4.69) is 41.8 Å². The molecular weight excluding hydrogens is 568 g/mol. The van der Waals surface area contributed by atoms with Gasteiger partial charge in [-0.1, -0.05) is 27.7 Å². The van der Waals surface area contributed by atoms with Crippen LogP contribution in [0.5, 0.6) is 0 Å². The second-order valence-electron chi connectivity index (χ2n) is 13.2. The average Bonchev–Trinajstić information content (AvgIpc) is 3.67. The normalized spacial score (nSPS) is 16.9. The van der Waals surface area contributed by atoms with E-state index >= 15 is 0 Å². The van der Waals surface area contributed by atoms with Crippen molar-refractivity contribution in [2.24, 2.45) is 12.5 Å². The van der Waals surface area contributed by atoms with Gasteiger partial charge in [0.1, 0.15) is 17.2 Å². The number of aromatic nitrogens is 5. The second kappa shape index (κ2) is 10.7. The highest BCUT2D eigenvalue weighted by molar-refractivity contribution is 6.06. The summed E-state index contributed by atoms with van der Waals surface area (Å²) >= 11 is 0. The summed E-state index contributed by atoms with van der Waals surface area (Å²) in [4.78, 5) is 47.8. The van der Waals surface area contributed by atoms with Gasteiger partial charge in [-0.05, 0) is 54.0 Å². The molecule has 0 bridgehead atoms. The van der Waals surface area contributed by atoms with Crippen molar-refractivity contribution in [2.75, 3.05) is 23.3 Å². The molecule has 4 aromatic heterocycles. The molecule has 0 spiro atoms. The van der Waals surface area contributed by atoms with Gasteiger partial charge < -0.3 is 19.4 Å². The van der Waals surface area contributed by atoms with Gasteiger partial charge >= 0.3 is 0 Å². The van der Waals surface area contributed by atoms with Gasteiger partial charge in [-0.3, -0.25) is 24.0 Å². The van der Waals surface area contributed by atoms with Crippen molar-refractivity contribution in [1.29, 1.82) is 0 Å². The minimum Gasteiger partial charge on any atom is -0.339 e. The van der Waals surface area contributed by atoms with E-state index in [1.807, 2.05) is 45.8 Å². The summed E-state index contributed by atoms with van der Waals surface area (Å²) in [5.41, 5.74) is 7.45. The highest BCUT2D eigenvalue weighted by Crippen LogP contribution is 2.40. The fourth-order valence-corrected chi connectivity index (χ4v) is 7.30. The Kier molecular flexibility index (Phi) is 6.94. The molecular formula is C34H40N8O3. The van der Waals surface area contributed by atoms with Gasteiger partial charge in [-0.15, -0.1) is 0 Å². The molecule has 7 rings (SSSR count). The number of fused-ring (bicyclic) bond motifs is 4. The van der Waals surface area contributed by atoms with Crippen LogP contribution >= 0.6 is 0 Å². The summed E-state index contributed by atoms with van der Waals surface area (Å²) < 4.78 is 5.68. The van der Waals surface area contributed by atoms with Gasteiger partial charge in [0.15, 0.2) is 5.82 Å². The molecule has 3 aliphatic rings. The van der Waals surface area contributed by atoms with E-state index in [4.69, 9.17) is 4.98 Å². The molecule has 4 aromatic rings. The molecule has 45 heavy (non-hydrogen) atoms. The molecule has 0 unspecified atom stereocenters. The SMILES string of the molecule is CCC(=O)N1CCn2nc(Nc3cc(-c4ccnc(N5CCn6c(cc7c6CC(C)(C)C7)C5=O)c4CC)cn(C)c3=O)cc2C1. The number of aryl methyl sites for hydroxylation is 1. The van der Waals surface area contributed by atoms with Crippen molar-refractivity contribution in [2.45, 2.75) is 73.0 Å². The van der Waals surface area contributed by atoms with E-state index in [1.165, 1.54) is 11.3 Å². The summed E-state index contributed by atoms with van der Waals surface area (Å²) in [5.74, 6) is 1.34. The Morgan fingerprint density at radius 1 is 1.04 bits per heavy atom. The first-order chi connectivity index (χ1) is 21.6. The van der Waals surface area contributed by atoms with E-state index in [0.717, 1.165) is 47.5 Å². The van der Waals surface area contributed by atoms with Gasteiger partial charge in [0.2, 0.25) is 5.91 Å². The smallest absolute Gasteiger partial charge is 0.276 e. The Balaban J connectivity index is 1.19. The molecule has 0 radical (unpaired) electrons. The minimum absolute atomic E-state index is 0.0152. The van der Waals surface area contributed by atoms with Gasteiger partial charge in [0.05, 0.1) is 18.8 Å². The van der Waals surface area contributed by atoms with Crippen LogP contribution in [0.1, 0.15) is 67.1 Å². The summed E-state index contributed by atoms with van der Waals surface area (Å²) in [5, 5.41) is 7.91. The van der Waals surface area contributed by atoms with Crippen LogP contribution in [0.2, 0.25) is 0 Å². The number of pyridine rings is 2. The molecule has 1 N–H and O–H groups in total. The molecule has 0 saturated carbocycles. The van der Waals surface area contributed by atoms with E-state index in [-0.39, 0.29) is 22.8 Å². The van der Waals surface area contributed by atoms with Crippen LogP contribution in [0.4, 0.5) is 17.3 Å². The Morgan fingerprint density at radius 3 is 2.64 bits per heavy atom. The topological polar surface area (TPSA) is 110 Å². The lowest BCUT2D eigenvalue weighted by Crippen LogP contribution is -2.41. The third-order valence-corrected chi connectivity index (χ3v) is 9.48. The first kappa shape index (κ1) is 29.1. The van der Waals surface area contributed by atoms with Crippen molar-refractivity contribution in [3.05, 3.63) is 75.2 Å². The minimum atomic E-state index is -0.178. The number of anilines is 3.